The Morgan fingerprint density at radius 1 is 0.792 bits per heavy atom. The fraction of sp³-hybridized carbons (Fsp3) is 0.238. The Labute approximate surface area is 159 Å². The molecule has 2 aromatic carbocycles. The molecule has 0 saturated carbocycles. The molecule has 0 fully saturated rings. The van der Waals surface area contributed by atoms with Gasteiger partial charge in [0, 0.05) is 0 Å². The molecule has 0 radical (unpaired) electrons. The van der Waals surface area contributed by atoms with Crippen LogP contribution in [0.4, 0.5) is 0 Å². The van der Waals surface area contributed by atoms with Crippen LogP contribution >= 0.6 is 17.0 Å². The van der Waals surface area contributed by atoms with Crippen molar-refractivity contribution in [2.75, 3.05) is 0 Å². The maximum absolute atomic E-state index is 6.72. The summed E-state index contributed by atoms with van der Waals surface area (Å²) in [6.07, 6.45) is 11.0. The van der Waals surface area contributed by atoms with Gasteiger partial charge in [0.25, 0.3) is 0 Å². The Bertz CT molecular complexity index is 808. The van der Waals surface area contributed by atoms with Crippen molar-refractivity contribution < 1.29 is 19.4 Å². The zero-order valence-electron chi connectivity index (χ0n) is 13.9. The fourth-order valence-corrected chi connectivity index (χ4v) is 9.32. The van der Waals surface area contributed by atoms with E-state index >= 15 is 0 Å². The predicted octanol–water partition coefficient (Wildman–Crippen LogP) is 6.46. The summed E-state index contributed by atoms with van der Waals surface area (Å²) in [5.74, 6) is 0. The zero-order valence-corrected chi connectivity index (χ0v) is 17.8. The number of allylic oxidation sites excluding steroid dienone is 2. The number of hydrogen-bond acceptors (Lipinski definition) is 0. The van der Waals surface area contributed by atoms with Gasteiger partial charge in [0.15, 0.2) is 0 Å². The second kappa shape index (κ2) is 6.60. The molecule has 24 heavy (non-hydrogen) atoms. The van der Waals surface area contributed by atoms with Crippen LogP contribution in [0.3, 0.4) is 0 Å². The Hall–Kier alpha value is -0.617. The van der Waals surface area contributed by atoms with E-state index in [4.69, 9.17) is 17.0 Å². The van der Waals surface area contributed by atoms with Crippen LogP contribution in [0, 0.1) is 13.8 Å². The third-order valence-electron chi connectivity index (χ3n) is 5.28. The first kappa shape index (κ1) is 16.8. The van der Waals surface area contributed by atoms with E-state index < -0.39 is 19.4 Å². The van der Waals surface area contributed by atoms with E-state index in [0.717, 1.165) is 12.8 Å². The van der Waals surface area contributed by atoms with Crippen molar-refractivity contribution in [3.8, 4) is 0 Å². The molecule has 0 aromatic heterocycles. The normalized spacial score (nSPS) is 14.4. The molecule has 0 aliphatic heterocycles. The zero-order chi connectivity index (χ0) is 16.8. The van der Waals surface area contributed by atoms with Crippen molar-refractivity contribution in [1.29, 1.82) is 0 Å². The van der Waals surface area contributed by atoms with E-state index in [-0.39, 0.29) is 3.63 Å². The molecule has 0 N–H and O–H groups in total. The first-order valence-corrected chi connectivity index (χ1v) is 16.1. The van der Waals surface area contributed by atoms with Crippen LogP contribution in [0.1, 0.15) is 48.1 Å². The molecule has 3 heteroatoms. The van der Waals surface area contributed by atoms with E-state index in [1.165, 1.54) is 44.5 Å². The number of rotatable bonds is 3. The van der Waals surface area contributed by atoms with Crippen molar-refractivity contribution in [2.24, 2.45) is 0 Å². The third-order valence-corrected chi connectivity index (χ3v) is 10.5. The van der Waals surface area contributed by atoms with Gasteiger partial charge in [-0.1, -0.05) is 0 Å². The van der Waals surface area contributed by atoms with E-state index in [9.17, 15) is 0 Å². The molecule has 0 atom stereocenters. The molecule has 0 saturated heterocycles. The Balaban J connectivity index is 1.90. The van der Waals surface area contributed by atoms with Crippen molar-refractivity contribution in [1.82, 2.24) is 0 Å². The number of benzene rings is 2. The third kappa shape index (κ3) is 2.70. The molecule has 2 aliphatic carbocycles. The molecule has 121 valence electrons. The van der Waals surface area contributed by atoms with E-state index in [0.29, 0.717) is 0 Å². The summed E-state index contributed by atoms with van der Waals surface area (Å²) in [5, 5.41) is 0. The van der Waals surface area contributed by atoms with E-state index in [2.05, 4.69) is 62.4 Å². The second-order valence-corrected chi connectivity index (χ2v) is 15.5. The molecular weight excluding hydrogens is 414 g/mol. The molecule has 2 aromatic rings. The average Bonchev–Trinajstić information content (AvgIpc) is 3.21. The van der Waals surface area contributed by atoms with E-state index in [1.807, 2.05) is 0 Å². The van der Waals surface area contributed by atoms with Gasteiger partial charge in [-0.3, -0.25) is 0 Å². The van der Waals surface area contributed by atoms with Crippen LogP contribution in [-0.2, 0) is 32.2 Å². The van der Waals surface area contributed by atoms with Gasteiger partial charge in [0.1, 0.15) is 0 Å². The number of halogens is 2. The Morgan fingerprint density at radius 3 is 1.67 bits per heavy atom. The number of hydrogen-bond donors (Lipinski definition) is 0. The first-order valence-electron chi connectivity index (χ1n) is 8.33. The molecule has 0 amide bonds. The van der Waals surface area contributed by atoms with Crippen molar-refractivity contribution >= 4 is 29.2 Å². The van der Waals surface area contributed by atoms with Gasteiger partial charge in [0.2, 0.25) is 0 Å². The Morgan fingerprint density at radius 2 is 1.25 bits per heavy atom. The summed E-state index contributed by atoms with van der Waals surface area (Å²) in [5.41, 5.74) is 11.0. The molecule has 0 heterocycles. The second-order valence-electron chi connectivity index (χ2n) is 6.66. The summed E-state index contributed by atoms with van der Waals surface area (Å²) < 4.78 is 0.208. The minimum absolute atomic E-state index is 0.208. The molecular formula is C21H19Cl2Zr. The van der Waals surface area contributed by atoms with Crippen LogP contribution in [-0.4, -0.2) is 0 Å². The molecule has 0 nitrogen and oxygen atoms in total. The SMILES string of the molecule is Cc1ccc([CH](c2ccc(C)c3c2CC=C3)[Zr]([Cl])[Cl])c2c1C=CC2. The summed E-state index contributed by atoms with van der Waals surface area (Å²) in [4.78, 5) is 0. The summed E-state index contributed by atoms with van der Waals surface area (Å²) in [6.45, 7) is 4.36. The predicted molar refractivity (Wildman–Crippen MR) is 101 cm³/mol. The standard InChI is InChI=1S/C21H19.2ClH.Zr/c1-14-9-11-16(20-7-3-5-18(14)20)13-17-12-10-15(2)19-6-4-8-21(17)19;;;/h3-6,9-13H,7-8H2,1-2H3;2*1H;/q;;;+2/p-2. The maximum atomic E-state index is 6.72. The first-order chi connectivity index (χ1) is 11.6. The van der Waals surface area contributed by atoms with Crippen LogP contribution in [0.2, 0.25) is 0 Å². The van der Waals surface area contributed by atoms with Crippen LogP contribution < -0.4 is 0 Å². The average molecular weight is 434 g/mol. The van der Waals surface area contributed by atoms with Crippen molar-refractivity contribution in [3.05, 3.63) is 80.9 Å². The van der Waals surface area contributed by atoms with E-state index in [1.54, 1.807) is 0 Å². The van der Waals surface area contributed by atoms with Crippen molar-refractivity contribution in [3.63, 3.8) is 0 Å². The molecule has 0 bridgehead atoms. The quantitative estimate of drug-likeness (QED) is 0.521. The van der Waals surface area contributed by atoms with Gasteiger partial charge in [-0.2, -0.15) is 0 Å². The van der Waals surface area contributed by atoms with Gasteiger partial charge in [-0.25, -0.2) is 0 Å². The summed E-state index contributed by atoms with van der Waals surface area (Å²) in [6, 6.07) is 8.99. The van der Waals surface area contributed by atoms with Crippen LogP contribution in [0.25, 0.3) is 12.2 Å². The minimum atomic E-state index is -2.57. The van der Waals surface area contributed by atoms with Gasteiger partial charge in [0.05, 0.1) is 0 Å². The van der Waals surface area contributed by atoms with Gasteiger partial charge >= 0.3 is 160 Å². The number of fused-ring (bicyclic) bond motifs is 2. The van der Waals surface area contributed by atoms with Crippen LogP contribution in [0.5, 0.6) is 0 Å². The topological polar surface area (TPSA) is 0 Å². The Kier molecular flexibility index (Phi) is 4.63. The molecule has 2 aliphatic rings. The van der Waals surface area contributed by atoms with Gasteiger partial charge in [-0.05, 0) is 0 Å². The molecule has 0 unspecified atom stereocenters. The monoisotopic (exact) mass is 431 g/mol. The van der Waals surface area contributed by atoms with Crippen LogP contribution in [0.15, 0.2) is 36.4 Å². The summed E-state index contributed by atoms with van der Waals surface area (Å²) >= 11 is -2.57. The summed E-state index contributed by atoms with van der Waals surface area (Å²) in [7, 11) is 13.4. The molecule has 4 rings (SSSR count). The van der Waals surface area contributed by atoms with Gasteiger partial charge in [-0.15, -0.1) is 0 Å². The number of aryl methyl sites for hydroxylation is 2. The van der Waals surface area contributed by atoms with Gasteiger partial charge < -0.3 is 0 Å². The molecule has 0 spiro atoms. The van der Waals surface area contributed by atoms with Crippen molar-refractivity contribution in [2.45, 2.75) is 30.3 Å². The fourth-order valence-electron chi connectivity index (χ4n) is 4.05.